The van der Waals surface area contributed by atoms with Gasteiger partial charge in [0, 0.05) is 22.1 Å². The van der Waals surface area contributed by atoms with Gasteiger partial charge in [-0.3, -0.25) is 9.59 Å². The average molecular weight is 415 g/mol. The molecular weight excluding hydrogens is 400 g/mol. The molecule has 25 heavy (non-hydrogen) atoms. The van der Waals surface area contributed by atoms with E-state index in [4.69, 9.17) is 0 Å². The zero-order valence-electron chi connectivity index (χ0n) is 13.5. The number of hydrogen-bond donors (Lipinski definition) is 0. The number of Topliss-reactive ketones (excluding diaryl/α,β-unsaturated/α-hetero) is 1. The predicted octanol–water partition coefficient (Wildman–Crippen LogP) is 4.60. The van der Waals surface area contributed by atoms with Gasteiger partial charge in [0.1, 0.15) is 0 Å². The van der Waals surface area contributed by atoms with Crippen LogP contribution >= 0.6 is 27.3 Å². The van der Waals surface area contributed by atoms with Crippen molar-refractivity contribution in [3.05, 3.63) is 75.5 Å². The maximum atomic E-state index is 12.5. The molecule has 1 amide bonds. The van der Waals surface area contributed by atoms with E-state index in [1.807, 2.05) is 22.8 Å². The number of halogens is 1. The second-order valence-corrected chi connectivity index (χ2v) is 7.37. The van der Waals surface area contributed by atoms with Gasteiger partial charge >= 0.3 is 0 Å². The van der Waals surface area contributed by atoms with E-state index in [0.29, 0.717) is 22.5 Å². The molecule has 126 valence electrons. The molecule has 0 N–H and O–H groups in total. The third kappa shape index (κ3) is 3.70. The minimum absolute atomic E-state index is 0.0326. The third-order valence-electron chi connectivity index (χ3n) is 3.69. The number of amides is 1. The lowest BCUT2D eigenvalue weighted by Gasteiger charge is -2.01. The third-order valence-corrected chi connectivity index (χ3v) is 5.23. The summed E-state index contributed by atoms with van der Waals surface area (Å²) >= 11 is 4.92. The Bertz CT molecular complexity index is 1050. The first kappa shape index (κ1) is 17.5. The molecule has 3 rings (SSSR count). The van der Waals surface area contributed by atoms with Crippen LogP contribution in [0.25, 0.3) is 10.2 Å². The Morgan fingerprint density at radius 2 is 1.88 bits per heavy atom. The van der Waals surface area contributed by atoms with Gasteiger partial charge in [-0.1, -0.05) is 45.5 Å². The lowest BCUT2D eigenvalue weighted by atomic mass is 10.1. The van der Waals surface area contributed by atoms with E-state index in [2.05, 4.69) is 27.5 Å². The molecule has 0 spiro atoms. The quantitative estimate of drug-likeness (QED) is 0.462. The first-order valence-corrected chi connectivity index (χ1v) is 9.20. The molecule has 0 aliphatic rings. The molecule has 0 atom stereocenters. The molecule has 0 aliphatic heterocycles. The van der Waals surface area contributed by atoms with E-state index in [1.54, 1.807) is 30.3 Å². The highest BCUT2D eigenvalue weighted by Crippen LogP contribution is 2.22. The number of hydrogen-bond acceptors (Lipinski definition) is 3. The van der Waals surface area contributed by atoms with Crippen LogP contribution in [0.15, 0.2) is 64.6 Å². The topological polar surface area (TPSA) is 51.4 Å². The minimum atomic E-state index is -0.335. The molecule has 1 heterocycles. The number of ketones is 1. The average Bonchev–Trinajstić information content (AvgIpc) is 2.91. The van der Waals surface area contributed by atoms with E-state index in [9.17, 15) is 9.59 Å². The van der Waals surface area contributed by atoms with Gasteiger partial charge in [-0.2, -0.15) is 4.99 Å². The number of thiazole rings is 1. The summed E-state index contributed by atoms with van der Waals surface area (Å²) in [4.78, 5) is 28.7. The number of fused-ring (bicyclic) bond motifs is 1. The van der Waals surface area contributed by atoms with Crippen LogP contribution in [0.3, 0.4) is 0 Å². The van der Waals surface area contributed by atoms with E-state index >= 15 is 0 Å². The van der Waals surface area contributed by atoms with Gasteiger partial charge in [-0.25, -0.2) is 0 Å². The summed E-state index contributed by atoms with van der Waals surface area (Å²) in [5.74, 6) is -0.367. The normalized spacial score (nSPS) is 11.7. The van der Waals surface area contributed by atoms with E-state index in [0.717, 1.165) is 14.7 Å². The fourth-order valence-electron chi connectivity index (χ4n) is 2.44. The highest BCUT2D eigenvalue weighted by molar-refractivity contribution is 9.10. The summed E-state index contributed by atoms with van der Waals surface area (Å²) in [6, 6.07) is 12.5. The highest BCUT2D eigenvalue weighted by Gasteiger charge is 2.09. The molecule has 2 aromatic carbocycles. The molecule has 4 nitrogen and oxygen atoms in total. The van der Waals surface area contributed by atoms with Gasteiger partial charge in [0.15, 0.2) is 10.6 Å². The summed E-state index contributed by atoms with van der Waals surface area (Å²) in [5, 5.41) is 0. The van der Waals surface area contributed by atoms with Crippen molar-refractivity contribution < 1.29 is 9.59 Å². The van der Waals surface area contributed by atoms with E-state index < -0.39 is 0 Å². The van der Waals surface area contributed by atoms with Gasteiger partial charge in [-0.05, 0) is 37.3 Å². The van der Waals surface area contributed by atoms with Crippen molar-refractivity contribution in [1.82, 2.24) is 4.57 Å². The largest absolute Gasteiger partial charge is 0.312 e. The maximum Gasteiger partial charge on any atom is 0.279 e. The molecule has 0 bridgehead atoms. The molecule has 3 aromatic rings. The minimum Gasteiger partial charge on any atom is -0.312 e. The predicted molar refractivity (Wildman–Crippen MR) is 104 cm³/mol. The smallest absolute Gasteiger partial charge is 0.279 e. The Morgan fingerprint density at radius 3 is 2.52 bits per heavy atom. The Morgan fingerprint density at radius 1 is 1.20 bits per heavy atom. The van der Waals surface area contributed by atoms with Crippen LogP contribution in [0.4, 0.5) is 0 Å². The van der Waals surface area contributed by atoms with Gasteiger partial charge in [0.25, 0.3) is 5.91 Å². The van der Waals surface area contributed by atoms with Gasteiger partial charge in [0.05, 0.1) is 10.2 Å². The lowest BCUT2D eigenvalue weighted by molar-refractivity contribution is 0.0991. The van der Waals surface area contributed by atoms with E-state index in [-0.39, 0.29) is 11.7 Å². The van der Waals surface area contributed by atoms with Crippen molar-refractivity contribution in [2.45, 2.75) is 13.5 Å². The van der Waals surface area contributed by atoms with Crippen LogP contribution in [-0.2, 0) is 6.54 Å². The lowest BCUT2D eigenvalue weighted by Crippen LogP contribution is -2.16. The van der Waals surface area contributed by atoms with Crippen molar-refractivity contribution in [3.63, 3.8) is 0 Å². The summed E-state index contributed by atoms with van der Waals surface area (Å²) in [5.41, 5.74) is 2.03. The Hall–Kier alpha value is -2.31. The number of benzene rings is 2. The number of carbonyl (C=O) groups is 2. The Labute approximate surface area is 157 Å². The van der Waals surface area contributed by atoms with Crippen molar-refractivity contribution in [2.24, 2.45) is 4.99 Å². The molecule has 0 radical (unpaired) electrons. The molecule has 0 fully saturated rings. The monoisotopic (exact) mass is 414 g/mol. The fourth-order valence-corrected chi connectivity index (χ4v) is 4.03. The number of allylic oxidation sites excluding steroid dienone is 1. The molecule has 0 saturated carbocycles. The summed E-state index contributed by atoms with van der Waals surface area (Å²) in [7, 11) is 0. The maximum absolute atomic E-state index is 12.5. The number of aromatic nitrogens is 1. The number of nitrogens with zero attached hydrogens (tertiary/aromatic N) is 2. The molecule has 0 saturated heterocycles. The molecule has 1 aromatic heterocycles. The first-order valence-electron chi connectivity index (χ1n) is 7.59. The van der Waals surface area contributed by atoms with Crippen molar-refractivity contribution in [2.75, 3.05) is 0 Å². The fraction of sp³-hybridized carbons (Fsp3) is 0.105. The van der Waals surface area contributed by atoms with Crippen molar-refractivity contribution in [1.29, 1.82) is 0 Å². The van der Waals surface area contributed by atoms with Gasteiger partial charge in [-0.15, -0.1) is 6.58 Å². The molecule has 0 unspecified atom stereocenters. The zero-order valence-corrected chi connectivity index (χ0v) is 15.9. The van der Waals surface area contributed by atoms with Gasteiger partial charge < -0.3 is 4.57 Å². The summed E-state index contributed by atoms with van der Waals surface area (Å²) in [6.07, 6.45) is 1.78. The van der Waals surface area contributed by atoms with Crippen molar-refractivity contribution in [3.8, 4) is 0 Å². The second-order valence-electron chi connectivity index (χ2n) is 5.45. The molecule has 0 aliphatic carbocycles. The van der Waals surface area contributed by atoms with Crippen LogP contribution in [0.2, 0.25) is 0 Å². The summed E-state index contributed by atoms with van der Waals surface area (Å²) in [6.45, 7) is 5.84. The zero-order chi connectivity index (χ0) is 18.0. The van der Waals surface area contributed by atoms with Crippen LogP contribution in [-0.4, -0.2) is 16.3 Å². The number of rotatable bonds is 4. The first-order chi connectivity index (χ1) is 12.0. The number of carbonyl (C=O) groups excluding carboxylic acids is 2. The SMILES string of the molecule is C=CCn1c(=NC(=O)c2ccc(C(C)=O)cc2)sc2cc(Br)ccc21. The Kier molecular flexibility index (Phi) is 5.11. The van der Waals surface area contributed by atoms with Crippen LogP contribution in [0, 0.1) is 0 Å². The van der Waals surface area contributed by atoms with E-state index in [1.165, 1.54) is 18.3 Å². The van der Waals surface area contributed by atoms with Crippen LogP contribution in [0.5, 0.6) is 0 Å². The molecular formula is C19H15BrN2O2S. The van der Waals surface area contributed by atoms with Gasteiger partial charge in [0.2, 0.25) is 0 Å². The van der Waals surface area contributed by atoms with Crippen molar-refractivity contribution >= 4 is 49.2 Å². The molecule has 6 heteroatoms. The van der Waals surface area contributed by atoms with Crippen LogP contribution < -0.4 is 4.80 Å². The second kappa shape index (κ2) is 7.29. The Balaban J connectivity index is 2.07. The standard InChI is InChI=1S/C19H15BrN2O2S/c1-3-10-22-16-9-8-15(20)11-17(16)25-19(22)21-18(24)14-6-4-13(5-7-14)12(2)23/h3-9,11H,1,10H2,2H3. The highest BCUT2D eigenvalue weighted by atomic mass is 79.9. The summed E-state index contributed by atoms with van der Waals surface area (Å²) < 4.78 is 3.97. The van der Waals surface area contributed by atoms with Crippen LogP contribution in [0.1, 0.15) is 27.6 Å².